The molecule has 0 unspecified atom stereocenters. The van der Waals surface area contributed by atoms with Crippen molar-refractivity contribution in [2.45, 2.75) is 0 Å². The molecule has 0 saturated heterocycles. The number of rotatable bonds is 1. The van der Waals surface area contributed by atoms with E-state index in [0.717, 1.165) is 32.7 Å². The third-order valence-corrected chi connectivity index (χ3v) is 4.67. The van der Waals surface area contributed by atoms with Gasteiger partial charge in [-0.1, -0.05) is 54.6 Å². The summed E-state index contributed by atoms with van der Waals surface area (Å²) in [6.07, 6.45) is 2.17. The van der Waals surface area contributed by atoms with Gasteiger partial charge in [0.05, 0.1) is 0 Å². The van der Waals surface area contributed by atoms with E-state index in [1.165, 1.54) is 0 Å². The van der Waals surface area contributed by atoms with Crippen LogP contribution in [0, 0.1) is 0 Å². The van der Waals surface area contributed by atoms with E-state index in [2.05, 4.69) is 18.2 Å². The van der Waals surface area contributed by atoms with E-state index in [1.807, 2.05) is 53.9 Å². The Morgan fingerprint density at radius 1 is 0.762 bits per heavy atom. The van der Waals surface area contributed by atoms with Crippen molar-refractivity contribution in [2.24, 2.45) is 0 Å². The molecule has 0 amide bonds. The maximum absolute atomic E-state index is 12.5. The van der Waals surface area contributed by atoms with Crippen molar-refractivity contribution in [2.75, 3.05) is 0 Å². The SMILES string of the molecule is O=C1c2ccccc2/C(=C/c2ccccc2)c2sccc21. The maximum atomic E-state index is 12.5. The van der Waals surface area contributed by atoms with Crippen LogP contribution in [-0.2, 0) is 0 Å². The van der Waals surface area contributed by atoms with Gasteiger partial charge in [0.1, 0.15) is 0 Å². The summed E-state index contributed by atoms with van der Waals surface area (Å²) in [7, 11) is 0. The molecule has 1 aromatic heterocycles. The molecule has 0 radical (unpaired) electrons. The summed E-state index contributed by atoms with van der Waals surface area (Å²) >= 11 is 1.63. The van der Waals surface area contributed by atoms with Crippen LogP contribution in [0.25, 0.3) is 11.6 Å². The Hall–Kier alpha value is -2.45. The Kier molecular flexibility index (Phi) is 2.83. The molecule has 3 aromatic rings. The van der Waals surface area contributed by atoms with Gasteiger partial charge in [0, 0.05) is 21.6 Å². The van der Waals surface area contributed by atoms with Gasteiger partial charge < -0.3 is 0 Å². The van der Waals surface area contributed by atoms with Gasteiger partial charge in [-0.3, -0.25) is 4.79 Å². The molecule has 1 nitrogen and oxygen atoms in total. The van der Waals surface area contributed by atoms with E-state index < -0.39 is 0 Å². The Balaban J connectivity index is 1.99. The highest BCUT2D eigenvalue weighted by atomic mass is 32.1. The number of hydrogen-bond acceptors (Lipinski definition) is 2. The van der Waals surface area contributed by atoms with Crippen LogP contribution in [0.4, 0.5) is 0 Å². The van der Waals surface area contributed by atoms with E-state index in [-0.39, 0.29) is 5.78 Å². The minimum Gasteiger partial charge on any atom is -0.289 e. The topological polar surface area (TPSA) is 17.1 Å². The number of ketones is 1. The van der Waals surface area contributed by atoms with Crippen LogP contribution < -0.4 is 0 Å². The van der Waals surface area contributed by atoms with Gasteiger partial charge in [0.25, 0.3) is 0 Å². The van der Waals surface area contributed by atoms with Gasteiger partial charge in [0.2, 0.25) is 0 Å². The lowest BCUT2D eigenvalue weighted by Crippen LogP contribution is -2.11. The highest BCUT2D eigenvalue weighted by Crippen LogP contribution is 2.39. The van der Waals surface area contributed by atoms with E-state index in [9.17, 15) is 4.79 Å². The second-order valence-corrected chi connectivity index (χ2v) is 5.92. The maximum Gasteiger partial charge on any atom is 0.195 e. The normalized spacial score (nSPS) is 14.9. The summed E-state index contributed by atoms with van der Waals surface area (Å²) in [6, 6.07) is 20.0. The van der Waals surface area contributed by atoms with Gasteiger partial charge >= 0.3 is 0 Å². The van der Waals surface area contributed by atoms with E-state index in [4.69, 9.17) is 0 Å². The van der Waals surface area contributed by atoms with Gasteiger partial charge in [-0.2, -0.15) is 0 Å². The Labute approximate surface area is 127 Å². The number of fused-ring (bicyclic) bond motifs is 2. The molecule has 2 heteroatoms. The standard InChI is InChI=1S/C19H12OS/c20-18-15-9-5-4-8-14(15)17(19-16(18)10-11-21-19)12-13-6-2-1-3-7-13/h1-12H/b17-12-. The van der Waals surface area contributed by atoms with Crippen LogP contribution >= 0.6 is 11.3 Å². The minimum atomic E-state index is 0.132. The lowest BCUT2D eigenvalue weighted by molar-refractivity contribution is 0.103. The molecule has 4 rings (SSSR count). The number of hydrogen-bond donors (Lipinski definition) is 0. The molecule has 1 heterocycles. The molecular formula is C19H12OS. The summed E-state index contributed by atoms with van der Waals surface area (Å²) in [6.45, 7) is 0. The number of thiophene rings is 1. The second kappa shape index (κ2) is 4.83. The molecule has 0 spiro atoms. The van der Waals surface area contributed by atoms with E-state index in [0.29, 0.717) is 0 Å². The first-order chi connectivity index (χ1) is 10.3. The van der Waals surface area contributed by atoms with Crippen molar-refractivity contribution in [1.29, 1.82) is 0 Å². The summed E-state index contributed by atoms with van der Waals surface area (Å²) in [5.74, 6) is 0.132. The Bertz CT molecular complexity index is 856. The van der Waals surface area contributed by atoms with Crippen molar-refractivity contribution in [1.82, 2.24) is 0 Å². The lowest BCUT2D eigenvalue weighted by atomic mass is 9.85. The second-order valence-electron chi connectivity index (χ2n) is 5.01. The van der Waals surface area contributed by atoms with E-state index >= 15 is 0 Å². The molecule has 0 atom stereocenters. The van der Waals surface area contributed by atoms with Gasteiger partial charge in [-0.25, -0.2) is 0 Å². The third kappa shape index (κ3) is 1.96. The molecular weight excluding hydrogens is 276 g/mol. The lowest BCUT2D eigenvalue weighted by Gasteiger charge is -2.18. The average Bonchev–Trinajstić information content (AvgIpc) is 3.02. The van der Waals surface area contributed by atoms with Crippen LogP contribution in [0.1, 0.15) is 31.9 Å². The molecule has 0 N–H and O–H groups in total. The number of carbonyl (C=O) groups excluding carboxylic acids is 1. The van der Waals surface area contributed by atoms with Crippen LogP contribution in [0.2, 0.25) is 0 Å². The highest BCUT2D eigenvalue weighted by Gasteiger charge is 2.27. The molecule has 1 aliphatic carbocycles. The molecule has 2 aromatic carbocycles. The predicted octanol–water partition coefficient (Wildman–Crippen LogP) is 4.88. The summed E-state index contributed by atoms with van der Waals surface area (Å²) in [5, 5.41) is 1.99. The molecule has 0 saturated carbocycles. The van der Waals surface area contributed by atoms with Crippen molar-refractivity contribution >= 4 is 28.8 Å². The van der Waals surface area contributed by atoms with Crippen LogP contribution in [0.15, 0.2) is 66.0 Å². The fourth-order valence-electron chi connectivity index (χ4n) is 2.74. The molecule has 0 fully saturated rings. The van der Waals surface area contributed by atoms with Crippen molar-refractivity contribution in [3.8, 4) is 0 Å². The summed E-state index contributed by atoms with van der Waals surface area (Å²) < 4.78 is 0. The van der Waals surface area contributed by atoms with Crippen LogP contribution in [-0.4, -0.2) is 5.78 Å². The zero-order chi connectivity index (χ0) is 14.2. The first-order valence-corrected chi connectivity index (χ1v) is 7.71. The number of carbonyl (C=O) groups is 1. The molecule has 0 bridgehead atoms. The monoisotopic (exact) mass is 288 g/mol. The average molecular weight is 288 g/mol. The highest BCUT2D eigenvalue weighted by molar-refractivity contribution is 7.11. The van der Waals surface area contributed by atoms with Gasteiger partial charge in [-0.05, 0) is 28.6 Å². The largest absolute Gasteiger partial charge is 0.289 e. The van der Waals surface area contributed by atoms with E-state index in [1.54, 1.807) is 11.3 Å². The molecule has 100 valence electrons. The smallest absolute Gasteiger partial charge is 0.195 e. The molecule has 21 heavy (non-hydrogen) atoms. The summed E-state index contributed by atoms with van der Waals surface area (Å²) in [5.41, 5.74) is 4.94. The van der Waals surface area contributed by atoms with Crippen molar-refractivity contribution < 1.29 is 4.79 Å². The predicted molar refractivity (Wildman–Crippen MR) is 87.6 cm³/mol. The first-order valence-electron chi connectivity index (χ1n) is 6.83. The first kappa shape index (κ1) is 12.3. The third-order valence-electron chi connectivity index (χ3n) is 3.73. The van der Waals surface area contributed by atoms with Gasteiger partial charge in [-0.15, -0.1) is 11.3 Å². The quantitative estimate of drug-likeness (QED) is 0.488. The number of benzene rings is 2. The fraction of sp³-hybridized carbons (Fsp3) is 0. The van der Waals surface area contributed by atoms with Crippen LogP contribution in [0.5, 0.6) is 0 Å². The summed E-state index contributed by atoms with van der Waals surface area (Å²) in [4.78, 5) is 13.6. The van der Waals surface area contributed by atoms with Crippen LogP contribution in [0.3, 0.4) is 0 Å². The fourth-order valence-corrected chi connectivity index (χ4v) is 3.66. The molecule has 0 aliphatic heterocycles. The Morgan fingerprint density at radius 3 is 2.29 bits per heavy atom. The minimum absolute atomic E-state index is 0.132. The molecule has 1 aliphatic rings. The van der Waals surface area contributed by atoms with Crippen molar-refractivity contribution in [3.05, 3.63) is 93.2 Å². The zero-order valence-electron chi connectivity index (χ0n) is 11.2. The Morgan fingerprint density at radius 2 is 1.48 bits per heavy atom. The van der Waals surface area contributed by atoms with Gasteiger partial charge in [0.15, 0.2) is 5.78 Å². The zero-order valence-corrected chi connectivity index (χ0v) is 12.1. The van der Waals surface area contributed by atoms with Crippen molar-refractivity contribution in [3.63, 3.8) is 0 Å².